The largest absolute Gasteiger partial charge is 0.307 e. The second kappa shape index (κ2) is 6.08. The summed E-state index contributed by atoms with van der Waals surface area (Å²) in [4.78, 5) is 3.94. The lowest BCUT2D eigenvalue weighted by atomic mass is 9.76. The van der Waals surface area contributed by atoms with Crippen molar-refractivity contribution < 1.29 is 8.42 Å². The number of nitrogen functional groups attached to an aromatic ring is 1. The maximum atomic E-state index is 12.4. The van der Waals surface area contributed by atoms with E-state index in [4.69, 9.17) is 17.4 Å². The molecule has 1 aliphatic rings. The van der Waals surface area contributed by atoms with Crippen molar-refractivity contribution in [2.45, 2.75) is 50.5 Å². The van der Waals surface area contributed by atoms with E-state index in [1.54, 1.807) is 0 Å². The lowest BCUT2D eigenvalue weighted by molar-refractivity contribution is 0.218. The molecular formula is C13H21ClN4O2S. The van der Waals surface area contributed by atoms with Crippen LogP contribution in [0.5, 0.6) is 0 Å². The van der Waals surface area contributed by atoms with E-state index >= 15 is 0 Å². The minimum Gasteiger partial charge on any atom is -0.307 e. The highest BCUT2D eigenvalue weighted by Gasteiger charge is 2.29. The van der Waals surface area contributed by atoms with Gasteiger partial charge in [-0.1, -0.05) is 25.4 Å². The first-order valence-electron chi connectivity index (χ1n) is 6.88. The highest BCUT2D eigenvalue weighted by atomic mass is 35.5. The average molecular weight is 333 g/mol. The highest BCUT2D eigenvalue weighted by molar-refractivity contribution is 7.89. The van der Waals surface area contributed by atoms with E-state index in [1.165, 1.54) is 12.3 Å². The van der Waals surface area contributed by atoms with E-state index in [0.717, 1.165) is 25.7 Å². The predicted molar refractivity (Wildman–Crippen MR) is 83.4 cm³/mol. The molecule has 1 aromatic rings. The molecule has 0 radical (unpaired) electrons. The normalized spacial score (nSPS) is 19.4. The monoisotopic (exact) mass is 332 g/mol. The van der Waals surface area contributed by atoms with Crippen LogP contribution in [0.1, 0.15) is 39.5 Å². The van der Waals surface area contributed by atoms with E-state index in [1.807, 2.05) is 0 Å². The molecule has 0 aliphatic heterocycles. The topological polar surface area (TPSA) is 97.1 Å². The zero-order valence-corrected chi connectivity index (χ0v) is 13.8. The van der Waals surface area contributed by atoms with Crippen LogP contribution < -0.4 is 16.0 Å². The maximum absolute atomic E-state index is 12.4. The predicted octanol–water partition coefficient (Wildman–Crippen LogP) is 2.27. The molecule has 2 rings (SSSR count). The zero-order valence-electron chi connectivity index (χ0n) is 12.2. The van der Waals surface area contributed by atoms with Crippen LogP contribution in [0.3, 0.4) is 0 Å². The molecule has 8 heteroatoms. The van der Waals surface area contributed by atoms with Gasteiger partial charge >= 0.3 is 0 Å². The van der Waals surface area contributed by atoms with Crippen molar-refractivity contribution in [2.75, 3.05) is 5.43 Å². The Morgan fingerprint density at radius 1 is 1.38 bits per heavy atom. The summed E-state index contributed by atoms with van der Waals surface area (Å²) in [6.45, 7) is 4.42. The molecule has 1 aliphatic carbocycles. The van der Waals surface area contributed by atoms with Gasteiger partial charge < -0.3 is 5.43 Å². The number of hydrogen-bond acceptors (Lipinski definition) is 5. The minimum absolute atomic E-state index is 0.0332. The molecule has 1 heterocycles. The molecule has 1 saturated carbocycles. The number of nitrogens with one attached hydrogen (secondary N) is 2. The van der Waals surface area contributed by atoms with Crippen LogP contribution in [0.4, 0.5) is 5.82 Å². The first-order chi connectivity index (χ1) is 9.73. The summed E-state index contributed by atoms with van der Waals surface area (Å²) in [7, 11) is -3.61. The number of sulfonamides is 1. The lowest BCUT2D eigenvalue weighted by Gasteiger charge is -2.34. The van der Waals surface area contributed by atoms with Crippen LogP contribution in [-0.4, -0.2) is 19.4 Å². The SMILES string of the molecule is CC1(C)CCC(NS(=O)(=O)c2cnc(NN)c(Cl)c2)CC1. The fourth-order valence-corrected chi connectivity index (χ4v) is 4.04. The third-order valence-corrected chi connectivity index (χ3v) is 5.70. The van der Waals surface area contributed by atoms with Gasteiger partial charge in [0.25, 0.3) is 0 Å². The molecular weight excluding hydrogens is 312 g/mol. The second-order valence-corrected chi connectivity index (χ2v) is 8.33. The van der Waals surface area contributed by atoms with Crippen molar-refractivity contribution in [3.05, 3.63) is 17.3 Å². The van der Waals surface area contributed by atoms with Crippen LogP contribution in [0.25, 0.3) is 0 Å². The van der Waals surface area contributed by atoms with Gasteiger partial charge in [-0.15, -0.1) is 0 Å². The number of rotatable bonds is 4. The van der Waals surface area contributed by atoms with E-state index in [0.29, 0.717) is 5.41 Å². The van der Waals surface area contributed by atoms with E-state index in [2.05, 4.69) is 29.0 Å². The molecule has 0 bridgehead atoms. The van der Waals surface area contributed by atoms with Crippen molar-refractivity contribution >= 4 is 27.4 Å². The average Bonchev–Trinajstić information content (AvgIpc) is 2.41. The van der Waals surface area contributed by atoms with Gasteiger partial charge in [0, 0.05) is 12.2 Å². The van der Waals surface area contributed by atoms with E-state index in [9.17, 15) is 8.42 Å². The van der Waals surface area contributed by atoms with Gasteiger partial charge in [-0.05, 0) is 37.2 Å². The Morgan fingerprint density at radius 3 is 2.52 bits per heavy atom. The van der Waals surface area contributed by atoms with Gasteiger partial charge in [0.05, 0.1) is 5.02 Å². The summed E-state index contributed by atoms with van der Waals surface area (Å²) in [5, 5.41) is 0.171. The molecule has 0 aromatic carbocycles. The molecule has 21 heavy (non-hydrogen) atoms. The summed E-state index contributed by atoms with van der Waals surface area (Å²) >= 11 is 5.92. The van der Waals surface area contributed by atoms with Gasteiger partial charge in [0.1, 0.15) is 4.90 Å². The number of hydrazine groups is 1. The Bertz CT molecular complexity index is 609. The van der Waals surface area contributed by atoms with Crippen molar-refractivity contribution in [2.24, 2.45) is 11.3 Å². The molecule has 4 N–H and O–H groups in total. The van der Waals surface area contributed by atoms with Gasteiger partial charge in [-0.2, -0.15) is 0 Å². The van der Waals surface area contributed by atoms with Crippen LogP contribution in [0.2, 0.25) is 5.02 Å². The summed E-state index contributed by atoms with van der Waals surface area (Å²) in [5.41, 5.74) is 2.60. The molecule has 1 aromatic heterocycles. The van der Waals surface area contributed by atoms with E-state index in [-0.39, 0.29) is 21.8 Å². The van der Waals surface area contributed by atoms with Crippen molar-refractivity contribution in [1.29, 1.82) is 0 Å². The summed E-state index contributed by atoms with van der Waals surface area (Å²) in [6.07, 6.45) is 4.95. The second-order valence-electron chi connectivity index (χ2n) is 6.21. The Hall–Kier alpha value is -0.890. The molecule has 0 amide bonds. The first kappa shape index (κ1) is 16.5. The summed E-state index contributed by atoms with van der Waals surface area (Å²) < 4.78 is 27.4. The van der Waals surface area contributed by atoms with Crippen LogP contribution >= 0.6 is 11.6 Å². The Kier molecular flexibility index (Phi) is 4.77. The third-order valence-electron chi connectivity index (χ3n) is 3.92. The zero-order chi connectivity index (χ0) is 15.7. The molecule has 1 fully saturated rings. The Labute approximate surface area is 130 Å². The summed E-state index contributed by atoms with van der Waals surface area (Å²) in [5.74, 6) is 5.47. The molecule has 0 unspecified atom stereocenters. The molecule has 0 spiro atoms. The fraction of sp³-hybridized carbons (Fsp3) is 0.615. The number of pyridine rings is 1. The Balaban J connectivity index is 2.10. The van der Waals surface area contributed by atoms with Crippen LogP contribution in [-0.2, 0) is 10.0 Å². The van der Waals surface area contributed by atoms with Crippen molar-refractivity contribution in [1.82, 2.24) is 9.71 Å². The Morgan fingerprint density at radius 2 is 2.00 bits per heavy atom. The standard InChI is InChI=1S/C13H21ClN4O2S/c1-13(2)5-3-9(4-6-13)18-21(19,20)10-7-11(14)12(17-15)16-8-10/h7-9,18H,3-6,15H2,1-2H3,(H,16,17). The van der Waals surface area contributed by atoms with Crippen LogP contribution in [0, 0.1) is 5.41 Å². The molecule has 0 atom stereocenters. The highest BCUT2D eigenvalue weighted by Crippen LogP contribution is 2.35. The maximum Gasteiger partial charge on any atom is 0.242 e. The quantitative estimate of drug-likeness (QED) is 0.580. The van der Waals surface area contributed by atoms with Crippen molar-refractivity contribution in [3.63, 3.8) is 0 Å². The smallest absolute Gasteiger partial charge is 0.242 e. The number of hydrogen-bond donors (Lipinski definition) is 3. The molecule has 6 nitrogen and oxygen atoms in total. The number of aromatic nitrogens is 1. The summed E-state index contributed by atoms with van der Waals surface area (Å²) in [6, 6.07) is 1.31. The van der Waals surface area contributed by atoms with E-state index < -0.39 is 10.0 Å². The van der Waals surface area contributed by atoms with Gasteiger partial charge in [-0.25, -0.2) is 24.0 Å². The van der Waals surface area contributed by atoms with Gasteiger partial charge in [-0.3, -0.25) is 0 Å². The number of halogens is 1. The lowest BCUT2D eigenvalue weighted by Crippen LogP contribution is -2.39. The molecule has 118 valence electrons. The van der Waals surface area contributed by atoms with Gasteiger partial charge in [0.15, 0.2) is 5.82 Å². The molecule has 0 saturated heterocycles. The van der Waals surface area contributed by atoms with Gasteiger partial charge in [0.2, 0.25) is 10.0 Å². The third kappa shape index (κ3) is 4.06. The number of nitrogens with two attached hydrogens (primary N) is 1. The number of anilines is 1. The fourth-order valence-electron chi connectivity index (χ4n) is 2.48. The first-order valence-corrected chi connectivity index (χ1v) is 8.74. The number of nitrogens with zero attached hydrogens (tertiary/aromatic N) is 1. The van der Waals surface area contributed by atoms with Crippen LogP contribution in [0.15, 0.2) is 17.2 Å². The van der Waals surface area contributed by atoms with Crippen molar-refractivity contribution in [3.8, 4) is 0 Å². The minimum atomic E-state index is -3.61.